The van der Waals surface area contributed by atoms with Gasteiger partial charge >= 0.3 is 0 Å². The molecule has 0 amide bonds. The fourth-order valence-electron chi connectivity index (χ4n) is 8.27. The summed E-state index contributed by atoms with van der Waals surface area (Å²) in [6, 6.07) is 68.3. The molecule has 0 bridgehead atoms. The van der Waals surface area contributed by atoms with E-state index in [1.54, 1.807) is 0 Å². The number of nitrogens with zero attached hydrogens (tertiary/aromatic N) is 5. The summed E-state index contributed by atoms with van der Waals surface area (Å²) in [5.74, 6) is 0.588. The van der Waals surface area contributed by atoms with E-state index >= 15 is 0 Å². The Kier molecular flexibility index (Phi) is 7.42. The molecule has 0 unspecified atom stereocenters. The van der Waals surface area contributed by atoms with E-state index in [9.17, 15) is 0 Å². The molecular weight excluding hydrogens is 683 g/mol. The van der Waals surface area contributed by atoms with Crippen molar-refractivity contribution in [3.8, 4) is 56.5 Å². The minimum absolute atomic E-state index is 0.588. The number of para-hydroxylation sites is 3. The van der Waals surface area contributed by atoms with Gasteiger partial charge in [0.25, 0.3) is 0 Å². The summed E-state index contributed by atoms with van der Waals surface area (Å²) in [6.45, 7) is 0. The molecule has 5 heteroatoms. The van der Waals surface area contributed by atoms with E-state index in [2.05, 4.69) is 161 Å². The smallest absolute Gasteiger partial charge is 0.179 e. The van der Waals surface area contributed by atoms with Crippen LogP contribution in [-0.4, -0.2) is 24.1 Å². The maximum Gasteiger partial charge on any atom is 0.179 e. The highest BCUT2D eigenvalue weighted by atomic mass is 15.0. The molecule has 11 aromatic rings. The highest BCUT2D eigenvalue weighted by Gasteiger charge is 2.19. The van der Waals surface area contributed by atoms with Crippen LogP contribution in [0.25, 0.3) is 100 Å². The molecule has 0 aliphatic carbocycles. The first-order valence-electron chi connectivity index (χ1n) is 18.9. The zero-order chi connectivity index (χ0) is 37.0. The quantitative estimate of drug-likeness (QED) is 0.172. The lowest BCUT2D eigenvalue weighted by Crippen LogP contribution is -1.99. The summed E-state index contributed by atoms with van der Waals surface area (Å²) in [4.78, 5) is 15.2. The van der Waals surface area contributed by atoms with E-state index < -0.39 is 0 Å². The van der Waals surface area contributed by atoms with Crippen LogP contribution in [0, 0.1) is 0 Å². The molecule has 0 N–H and O–H groups in total. The monoisotopic (exact) mass is 715 g/mol. The van der Waals surface area contributed by atoms with Crippen LogP contribution >= 0.6 is 0 Å². The molecule has 0 fully saturated rings. The minimum atomic E-state index is 0.588. The van der Waals surface area contributed by atoms with Gasteiger partial charge in [-0.05, 0) is 66.2 Å². The maximum atomic E-state index is 5.13. The van der Waals surface area contributed by atoms with Crippen LogP contribution in [0.2, 0.25) is 0 Å². The van der Waals surface area contributed by atoms with Gasteiger partial charge < -0.3 is 9.13 Å². The lowest BCUT2D eigenvalue weighted by molar-refractivity contribution is 1.13. The predicted molar refractivity (Wildman–Crippen MR) is 230 cm³/mol. The van der Waals surface area contributed by atoms with Crippen LogP contribution in [0.15, 0.2) is 200 Å². The molecule has 262 valence electrons. The van der Waals surface area contributed by atoms with Crippen molar-refractivity contribution >= 4 is 43.6 Å². The Morgan fingerprint density at radius 2 is 0.839 bits per heavy atom. The van der Waals surface area contributed by atoms with Crippen LogP contribution in [0.3, 0.4) is 0 Å². The molecule has 7 aromatic carbocycles. The molecule has 0 atom stereocenters. The van der Waals surface area contributed by atoms with Gasteiger partial charge in [-0.3, -0.25) is 4.98 Å². The summed E-state index contributed by atoms with van der Waals surface area (Å²) in [7, 11) is 0. The van der Waals surface area contributed by atoms with Crippen molar-refractivity contribution in [3.63, 3.8) is 0 Å². The van der Waals surface area contributed by atoms with Gasteiger partial charge in [0.1, 0.15) is 5.69 Å². The van der Waals surface area contributed by atoms with Gasteiger partial charge in [0.2, 0.25) is 0 Å². The molecule has 0 radical (unpaired) electrons. The molecule has 0 saturated carbocycles. The first-order valence-corrected chi connectivity index (χ1v) is 18.9. The van der Waals surface area contributed by atoms with E-state index in [4.69, 9.17) is 15.0 Å². The number of benzene rings is 7. The molecular formula is C51H33N5. The molecule has 4 aromatic heterocycles. The molecule has 0 aliphatic heterocycles. The van der Waals surface area contributed by atoms with Crippen LogP contribution in [0.5, 0.6) is 0 Å². The van der Waals surface area contributed by atoms with Crippen molar-refractivity contribution < 1.29 is 0 Å². The molecule has 56 heavy (non-hydrogen) atoms. The normalized spacial score (nSPS) is 11.6. The molecule has 0 aliphatic rings. The van der Waals surface area contributed by atoms with Crippen molar-refractivity contribution in [2.45, 2.75) is 0 Å². The standard InChI is InChI=1S/C51H33N5/c1-3-15-34(16-4-1)44-33-45(35-17-5-2-6-18-35)54-51(53-44)50-39(24-14-30-52-50)36-28-29-49-43(31-36)42-23-9-12-27-48(42)56(49)38-20-13-19-37(32-38)55-46-25-10-7-21-40(46)41-22-8-11-26-47(41)55/h1-33H. The minimum Gasteiger partial charge on any atom is -0.309 e. The van der Waals surface area contributed by atoms with Crippen molar-refractivity contribution in [1.29, 1.82) is 0 Å². The Morgan fingerprint density at radius 3 is 1.41 bits per heavy atom. The van der Waals surface area contributed by atoms with Crippen molar-refractivity contribution in [2.75, 3.05) is 0 Å². The second kappa shape index (κ2) is 13.0. The fourth-order valence-corrected chi connectivity index (χ4v) is 8.27. The second-order valence-corrected chi connectivity index (χ2v) is 14.1. The van der Waals surface area contributed by atoms with E-state index in [1.807, 2.05) is 48.7 Å². The Morgan fingerprint density at radius 1 is 0.339 bits per heavy atom. The third kappa shape index (κ3) is 5.21. The first-order chi connectivity index (χ1) is 27.8. The highest BCUT2D eigenvalue weighted by molar-refractivity contribution is 6.11. The number of fused-ring (bicyclic) bond motifs is 6. The lowest BCUT2D eigenvalue weighted by atomic mass is 10.0. The molecule has 5 nitrogen and oxygen atoms in total. The number of hydrogen-bond donors (Lipinski definition) is 0. The van der Waals surface area contributed by atoms with Crippen LogP contribution in [0.1, 0.15) is 0 Å². The Bertz CT molecular complexity index is 3140. The highest BCUT2D eigenvalue weighted by Crippen LogP contribution is 2.39. The molecule has 11 rings (SSSR count). The number of pyridine rings is 1. The Labute approximate surface area is 323 Å². The molecule has 0 saturated heterocycles. The molecule has 0 spiro atoms. The summed E-state index contributed by atoms with van der Waals surface area (Å²) in [6.07, 6.45) is 1.83. The average molecular weight is 716 g/mol. The van der Waals surface area contributed by atoms with Crippen LogP contribution in [-0.2, 0) is 0 Å². The number of hydrogen-bond acceptors (Lipinski definition) is 3. The lowest BCUT2D eigenvalue weighted by Gasteiger charge is -2.13. The van der Waals surface area contributed by atoms with Gasteiger partial charge in [-0.15, -0.1) is 0 Å². The topological polar surface area (TPSA) is 48.5 Å². The average Bonchev–Trinajstić information content (AvgIpc) is 3.80. The zero-order valence-electron chi connectivity index (χ0n) is 30.3. The third-order valence-electron chi connectivity index (χ3n) is 10.8. The SMILES string of the molecule is c1ccc(-c2cc(-c3ccccc3)nc(-c3ncccc3-c3ccc4c(c3)c3ccccc3n4-c3cccc(-n4c5ccccc5c5ccccc54)c3)n2)cc1. The van der Waals surface area contributed by atoms with Crippen LogP contribution < -0.4 is 0 Å². The summed E-state index contributed by atoms with van der Waals surface area (Å²) >= 11 is 0. The zero-order valence-corrected chi connectivity index (χ0v) is 30.3. The maximum absolute atomic E-state index is 5.13. The van der Waals surface area contributed by atoms with Crippen LogP contribution in [0.4, 0.5) is 0 Å². The van der Waals surface area contributed by atoms with Crippen molar-refractivity contribution in [3.05, 3.63) is 200 Å². The predicted octanol–water partition coefficient (Wildman–Crippen LogP) is 12.7. The van der Waals surface area contributed by atoms with Gasteiger partial charge in [0.05, 0.1) is 33.5 Å². The van der Waals surface area contributed by atoms with Gasteiger partial charge in [-0.1, -0.05) is 133 Å². The molecule has 4 heterocycles. The second-order valence-electron chi connectivity index (χ2n) is 14.1. The van der Waals surface area contributed by atoms with E-state index in [0.29, 0.717) is 5.82 Å². The van der Waals surface area contributed by atoms with Gasteiger partial charge in [0, 0.05) is 55.8 Å². The van der Waals surface area contributed by atoms with Gasteiger partial charge in [-0.25, -0.2) is 9.97 Å². The fraction of sp³-hybridized carbons (Fsp3) is 0. The van der Waals surface area contributed by atoms with E-state index in [-0.39, 0.29) is 0 Å². The van der Waals surface area contributed by atoms with E-state index in [0.717, 1.165) is 61.7 Å². The van der Waals surface area contributed by atoms with E-state index in [1.165, 1.54) is 32.6 Å². The largest absolute Gasteiger partial charge is 0.309 e. The number of rotatable bonds is 6. The summed E-state index contributed by atoms with van der Waals surface area (Å²) in [5.41, 5.74) is 13.4. The number of aromatic nitrogens is 5. The summed E-state index contributed by atoms with van der Waals surface area (Å²) < 4.78 is 4.76. The van der Waals surface area contributed by atoms with Gasteiger partial charge in [-0.2, -0.15) is 0 Å². The Balaban J connectivity index is 1.07. The van der Waals surface area contributed by atoms with Gasteiger partial charge in [0.15, 0.2) is 5.82 Å². The summed E-state index contributed by atoms with van der Waals surface area (Å²) in [5, 5.41) is 4.85. The first kappa shape index (κ1) is 31.9. The Hall–Kier alpha value is -7.63. The van der Waals surface area contributed by atoms with Crippen molar-refractivity contribution in [2.24, 2.45) is 0 Å². The van der Waals surface area contributed by atoms with Crippen molar-refractivity contribution in [1.82, 2.24) is 24.1 Å². The third-order valence-corrected chi connectivity index (χ3v) is 10.8.